The first-order chi connectivity index (χ1) is 12.7. The van der Waals surface area contributed by atoms with Crippen LogP contribution in [0.4, 0.5) is 25.0 Å². The summed E-state index contributed by atoms with van der Waals surface area (Å²) < 4.78 is 34.6. The van der Waals surface area contributed by atoms with Gasteiger partial charge >= 0.3 is 6.09 Å². The fourth-order valence-electron chi connectivity index (χ4n) is 3.44. The molecule has 2 saturated heterocycles. The van der Waals surface area contributed by atoms with Crippen molar-refractivity contribution in [2.24, 2.45) is 0 Å². The van der Waals surface area contributed by atoms with Crippen molar-refractivity contribution in [2.45, 2.75) is 38.2 Å². The molecule has 9 heteroatoms. The van der Waals surface area contributed by atoms with Gasteiger partial charge in [0.05, 0.1) is 26.9 Å². The number of cyclic esters (lactones) is 1. The van der Waals surface area contributed by atoms with Crippen LogP contribution in [0.2, 0.25) is 25.2 Å². The molecule has 2 fully saturated rings. The second-order valence-corrected chi connectivity index (χ2v) is 13.3. The van der Waals surface area contributed by atoms with E-state index in [1.165, 1.54) is 24.0 Å². The van der Waals surface area contributed by atoms with Gasteiger partial charge in [-0.25, -0.2) is 13.6 Å². The van der Waals surface area contributed by atoms with Crippen molar-refractivity contribution >= 4 is 31.4 Å². The topological polar surface area (TPSA) is 61.9 Å². The number of anilines is 2. The summed E-state index contributed by atoms with van der Waals surface area (Å²) in [6, 6.07) is 4.35. The Balaban J connectivity index is 1.75. The molecule has 0 aromatic heterocycles. The molecular weight excluding hydrogens is 372 g/mol. The highest BCUT2D eigenvalue weighted by molar-refractivity contribution is 6.77. The number of amides is 2. The fourth-order valence-corrected chi connectivity index (χ4v) is 5.44. The molecule has 1 aromatic carbocycles. The minimum absolute atomic E-state index is 0.0226. The van der Waals surface area contributed by atoms with Gasteiger partial charge in [0.1, 0.15) is 11.8 Å². The molecule has 0 aliphatic carbocycles. The normalized spacial score (nSPS) is 22.0. The predicted octanol–water partition coefficient (Wildman–Crippen LogP) is 2.95. The van der Waals surface area contributed by atoms with Gasteiger partial charge in [-0.05, 0) is 12.1 Å². The molecule has 0 unspecified atom stereocenters. The molecule has 1 N–H and O–H groups in total. The van der Waals surface area contributed by atoms with Crippen molar-refractivity contribution in [3.63, 3.8) is 0 Å². The maximum absolute atomic E-state index is 14.7. The lowest BCUT2D eigenvalue weighted by Crippen LogP contribution is -2.43. The Morgan fingerprint density at radius 2 is 1.85 bits per heavy atom. The average Bonchev–Trinajstić information content (AvgIpc) is 2.94. The number of carbonyl (C=O) groups is 2. The number of hydrogen-bond donors (Lipinski definition) is 1. The average molecular weight is 397 g/mol. The molecule has 1 atom stereocenters. The largest absolute Gasteiger partial charge is 0.442 e. The van der Waals surface area contributed by atoms with E-state index in [1.807, 2.05) is 0 Å². The summed E-state index contributed by atoms with van der Waals surface area (Å²) in [5.41, 5.74) is 0.0985. The van der Waals surface area contributed by atoms with Gasteiger partial charge < -0.3 is 15.0 Å². The minimum atomic E-state index is -1.25. The lowest BCUT2D eigenvalue weighted by molar-refractivity contribution is -0.119. The molecule has 27 heavy (non-hydrogen) atoms. The van der Waals surface area contributed by atoms with Crippen molar-refractivity contribution < 1.29 is 23.1 Å². The Hall–Kier alpha value is -2.16. The summed E-state index contributed by atoms with van der Waals surface area (Å²) >= 11 is 0. The second-order valence-electron chi connectivity index (χ2n) is 7.96. The SMILES string of the molecule is CC(=O)NC[C@H]1CN(c2cc(F)c(N3CC[Si](C)(C)CC3)c(F)c2)C(=O)O1. The van der Waals surface area contributed by atoms with Crippen molar-refractivity contribution in [1.82, 2.24) is 5.32 Å². The Morgan fingerprint density at radius 1 is 1.26 bits per heavy atom. The molecule has 0 spiro atoms. The third-order valence-corrected chi connectivity index (χ3v) is 8.35. The van der Waals surface area contributed by atoms with Crippen LogP contribution in [0.3, 0.4) is 0 Å². The standard InChI is InChI=1S/C18H25F2N3O3Si/c1-12(24)21-10-14-11-23(18(25)26-14)13-8-15(19)17(16(20)9-13)22-4-6-27(2,3)7-5-22/h8-9,14H,4-7,10-11H2,1-3H3,(H,21,24)/t14-/m0/s1. The van der Waals surface area contributed by atoms with Crippen LogP contribution in [0.1, 0.15) is 6.92 Å². The van der Waals surface area contributed by atoms with Crippen molar-refractivity contribution in [1.29, 1.82) is 0 Å². The number of nitrogens with zero attached hydrogens (tertiary/aromatic N) is 2. The van der Waals surface area contributed by atoms with Gasteiger partial charge in [-0.15, -0.1) is 0 Å². The maximum atomic E-state index is 14.7. The molecule has 2 aliphatic rings. The van der Waals surface area contributed by atoms with E-state index in [9.17, 15) is 18.4 Å². The molecule has 1 aromatic rings. The summed E-state index contributed by atoms with van der Waals surface area (Å²) in [6.07, 6.45) is -1.23. The number of nitrogens with one attached hydrogen (secondary N) is 1. The highest BCUT2D eigenvalue weighted by atomic mass is 28.3. The zero-order valence-corrected chi connectivity index (χ0v) is 16.8. The number of ether oxygens (including phenoxy) is 1. The van der Waals surface area contributed by atoms with E-state index in [0.717, 1.165) is 12.1 Å². The van der Waals surface area contributed by atoms with Crippen LogP contribution in [0.15, 0.2) is 12.1 Å². The molecule has 2 heterocycles. The highest BCUT2D eigenvalue weighted by Crippen LogP contribution is 2.34. The summed E-state index contributed by atoms with van der Waals surface area (Å²) in [7, 11) is -1.25. The predicted molar refractivity (Wildman–Crippen MR) is 102 cm³/mol. The highest BCUT2D eigenvalue weighted by Gasteiger charge is 2.34. The molecule has 0 bridgehead atoms. The summed E-state index contributed by atoms with van der Waals surface area (Å²) in [6.45, 7) is 7.53. The van der Waals surface area contributed by atoms with Gasteiger partial charge in [0.2, 0.25) is 5.91 Å². The number of carbonyl (C=O) groups excluding carboxylic acids is 2. The zero-order chi connectivity index (χ0) is 19.8. The molecule has 148 valence electrons. The van der Waals surface area contributed by atoms with Gasteiger partial charge in [-0.2, -0.15) is 0 Å². The second kappa shape index (κ2) is 7.45. The van der Waals surface area contributed by atoms with E-state index in [4.69, 9.17) is 4.74 Å². The van der Waals surface area contributed by atoms with Crippen LogP contribution < -0.4 is 15.1 Å². The van der Waals surface area contributed by atoms with E-state index in [0.29, 0.717) is 13.1 Å². The summed E-state index contributed by atoms with van der Waals surface area (Å²) in [5.74, 6) is -1.59. The summed E-state index contributed by atoms with van der Waals surface area (Å²) in [5, 5.41) is 2.57. The van der Waals surface area contributed by atoms with Crippen LogP contribution in [-0.2, 0) is 9.53 Å². The Bertz CT molecular complexity index is 726. The number of benzene rings is 1. The monoisotopic (exact) mass is 397 g/mol. The summed E-state index contributed by atoms with van der Waals surface area (Å²) in [4.78, 5) is 26.0. The third kappa shape index (κ3) is 4.40. The molecule has 3 rings (SSSR count). The third-order valence-electron chi connectivity index (χ3n) is 5.20. The fraction of sp³-hybridized carbons (Fsp3) is 0.556. The quantitative estimate of drug-likeness (QED) is 0.794. The van der Waals surface area contributed by atoms with E-state index in [-0.39, 0.29) is 30.4 Å². The van der Waals surface area contributed by atoms with Crippen molar-refractivity contribution in [3.8, 4) is 0 Å². The molecule has 0 saturated carbocycles. The van der Waals surface area contributed by atoms with Gasteiger partial charge in [0, 0.05) is 32.1 Å². The first-order valence-corrected chi connectivity index (χ1v) is 12.5. The van der Waals surface area contributed by atoms with E-state index in [1.54, 1.807) is 4.90 Å². The Kier molecular flexibility index (Phi) is 5.41. The van der Waals surface area contributed by atoms with E-state index >= 15 is 0 Å². The Labute approximate surface area is 158 Å². The molecule has 2 amide bonds. The van der Waals surface area contributed by atoms with Gasteiger partial charge in [-0.1, -0.05) is 13.1 Å². The van der Waals surface area contributed by atoms with Crippen LogP contribution in [-0.4, -0.2) is 52.4 Å². The van der Waals surface area contributed by atoms with Crippen LogP contribution in [0, 0.1) is 11.6 Å². The molecule has 0 radical (unpaired) electrons. The van der Waals surface area contributed by atoms with Crippen molar-refractivity contribution in [2.75, 3.05) is 36.0 Å². The lowest BCUT2D eigenvalue weighted by atomic mass is 10.2. The first-order valence-electron chi connectivity index (χ1n) is 9.13. The van der Waals surface area contributed by atoms with Crippen LogP contribution in [0.25, 0.3) is 0 Å². The van der Waals surface area contributed by atoms with Crippen LogP contribution in [0.5, 0.6) is 0 Å². The molecular formula is C18H25F2N3O3Si. The number of rotatable bonds is 4. The number of hydrogen-bond acceptors (Lipinski definition) is 4. The van der Waals surface area contributed by atoms with E-state index in [2.05, 4.69) is 18.4 Å². The first kappa shape index (κ1) is 19.6. The Morgan fingerprint density at radius 3 is 2.41 bits per heavy atom. The smallest absolute Gasteiger partial charge is 0.414 e. The molecule has 6 nitrogen and oxygen atoms in total. The van der Waals surface area contributed by atoms with Crippen LogP contribution >= 0.6 is 0 Å². The minimum Gasteiger partial charge on any atom is -0.442 e. The van der Waals surface area contributed by atoms with Crippen molar-refractivity contribution in [3.05, 3.63) is 23.8 Å². The van der Waals surface area contributed by atoms with Gasteiger partial charge in [-0.3, -0.25) is 9.69 Å². The van der Waals surface area contributed by atoms with Gasteiger partial charge in [0.15, 0.2) is 11.6 Å². The molecule has 2 aliphatic heterocycles. The number of halogens is 2. The van der Waals surface area contributed by atoms with E-state index < -0.39 is 31.9 Å². The lowest BCUT2D eigenvalue weighted by Gasteiger charge is -2.37. The maximum Gasteiger partial charge on any atom is 0.414 e. The zero-order valence-electron chi connectivity index (χ0n) is 15.8. The van der Waals surface area contributed by atoms with Gasteiger partial charge in [0.25, 0.3) is 0 Å².